The summed E-state index contributed by atoms with van der Waals surface area (Å²) in [6.07, 6.45) is 0. The molecule has 0 aromatic rings. The number of nitrogens with zero attached hydrogens (tertiary/aromatic N) is 2. The quantitative estimate of drug-likeness (QED) is 0.761. The minimum absolute atomic E-state index is 0.00139. The Morgan fingerprint density at radius 3 is 2.72 bits per heavy atom. The van der Waals surface area contributed by atoms with Crippen LogP contribution >= 0.6 is 11.8 Å². The lowest BCUT2D eigenvalue weighted by Crippen LogP contribution is -2.56. The molecular formula is C11H18N2O4S. The fourth-order valence-corrected chi connectivity index (χ4v) is 3.44. The Hall–Kier alpha value is -0.950. The fraction of sp³-hybridized carbons (Fsp3) is 0.818. The van der Waals surface area contributed by atoms with Crippen LogP contribution in [0.4, 0.5) is 4.79 Å². The van der Waals surface area contributed by atoms with E-state index < -0.39 is 12.0 Å². The lowest BCUT2D eigenvalue weighted by molar-refractivity contribution is -0.141. The first-order valence-corrected chi connectivity index (χ1v) is 7.08. The van der Waals surface area contributed by atoms with Crippen molar-refractivity contribution in [2.24, 2.45) is 0 Å². The van der Waals surface area contributed by atoms with Crippen LogP contribution in [0.1, 0.15) is 13.8 Å². The predicted octanol–water partition coefficient (Wildman–Crippen LogP) is 0.675. The summed E-state index contributed by atoms with van der Waals surface area (Å²) in [5.74, 6) is -0.470. The van der Waals surface area contributed by atoms with E-state index in [-0.39, 0.29) is 17.4 Å². The van der Waals surface area contributed by atoms with Crippen molar-refractivity contribution in [2.75, 3.05) is 25.5 Å². The van der Waals surface area contributed by atoms with Gasteiger partial charge in [-0.05, 0) is 13.8 Å². The molecule has 0 aromatic carbocycles. The Bertz CT molecular complexity index is 352. The third kappa shape index (κ3) is 2.42. The SMILES string of the molecule is CC1COCCN1C(=O)N1C(C)SCC1C(=O)O. The van der Waals surface area contributed by atoms with Crippen LogP contribution in [0.3, 0.4) is 0 Å². The van der Waals surface area contributed by atoms with Crippen LogP contribution in [0, 0.1) is 0 Å². The summed E-state index contributed by atoms with van der Waals surface area (Å²) in [5, 5.41) is 9.07. The molecule has 0 spiro atoms. The lowest BCUT2D eigenvalue weighted by atomic mass is 10.2. The third-order valence-electron chi connectivity index (χ3n) is 3.34. The first kappa shape index (κ1) is 13.5. The third-order valence-corrected chi connectivity index (χ3v) is 4.56. The summed E-state index contributed by atoms with van der Waals surface area (Å²) in [6.45, 7) is 5.35. The van der Waals surface area contributed by atoms with Crippen LogP contribution in [0.25, 0.3) is 0 Å². The van der Waals surface area contributed by atoms with Crippen molar-refractivity contribution in [3.63, 3.8) is 0 Å². The molecule has 102 valence electrons. The Morgan fingerprint density at radius 2 is 2.11 bits per heavy atom. The highest BCUT2D eigenvalue weighted by Gasteiger charge is 2.42. The summed E-state index contributed by atoms with van der Waals surface area (Å²) in [5.41, 5.74) is 0. The number of urea groups is 1. The van der Waals surface area contributed by atoms with Crippen molar-refractivity contribution in [2.45, 2.75) is 31.3 Å². The number of carbonyl (C=O) groups is 2. The maximum absolute atomic E-state index is 12.5. The Morgan fingerprint density at radius 1 is 1.39 bits per heavy atom. The normalized spacial score (nSPS) is 32.7. The van der Waals surface area contributed by atoms with Crippen LogP contribution in [-0.2, 0) is 9.53 Å². The highest BCUT2D eigenvalue weighted by Crippen LogP contribution is 2.30. The van der Waals surface area contributed by atoms with Crippen LogP contribution in [0.2, 0.25) is 0 Å². The van der Waals surface area contributed by atoms with Crippen molar-refractivity contribution in [1.29, 1.82) is 0 Å². The molecule has 0 radical (unpaired) electrons. The number of carboxylic acid groups (broad SMARTS) is 1. The monoisotopic (exact) mass is 274 g/mol. The summed E-state index contributed by atoms with van der Waals surface area (Å²) < 4.78 is 5.29. The van der Waals surface area contributed by atoms with Gasteiger partial charge in [0.05, 0.1) is 24.6 Å². The lowest BCUT2D eigenvalue weighted by Gasteiger charge is -2.38. The summed E-state index contributed by atoms with van der Waals surface area (Å²) in [6, 6.07) is -0.901. The number of ether oxygens (including phenoxy) is 1. The van der Waals surface area contributed by atoms with Gasteiger partial charge in [-0.25, -0.2) is 9.59 Å². The van der Waals surface area contributed by atoms with Crippen LogP contribution in [0.15, 0.2) is 0 Å². The zero-order valence-electron chi connectivity index (χ0n) is 10.5. The zero-order valence-corrected chi connectivity index (χ0v) is 11.4. The molecule has 2 aliphatic heterocycles. The molecule has 0 aliphatic carbocycles. The summed E-state index contributed by atoms with van der Waals surface area (Å²) >= 11 is 1.50. The van der Waals surface area contributed by atoms with E-state index >= 15 is 0 Å². The van der Waals surface area contributed by atoms with Crippen molar-refractivity contribution in [3.8, 4) is 0 Å². The highest BCUT2D eigenvalue weighted by atomic mass is 32.2. The maximum Gasteiger partial charge on any atom is 0.327 e. The maximum atomic E-state index is 12.5. The molecule has 18 heavy (non-hydrogen) atoms. The topological polar surface area (TPSA) is 70.1 Å². The van der Waals surface area contributed by atoms with Crippen LogP contribution < -0.4 is 0 Å². The zero-order chi connectivity index (χ0) is 13.3. The van der Waals surface area contributed by atoms with Gasteiger partial charge in [0.2, 0.25) is 0 Å². The van der Waals surface area contributed by atoms with Gasteiger partial charge in [-0.15, -0.1) is 11.8 Å². The molecular weight excluding hydrogens is 256 g/mol. The van der Waals surface area contributed by atoms with Gasteiger partial charge >= 0.3 is 12.0 Å². The number of hydrogen-bond donors (Lipinski definition) is 1. The largest absolute Gasteiger partial charge is 0.480 e. The number of hydrogen-bond acceptors (Lipinski definition) is 4. The standard InChI is InChI=1S/C11H18N2O4S/c1-7-5-17-4-3-12(7)11(16)13-8(2)18-6-9(13)10(14)15/h7-9H,3-6H2,1-2H3,(H,14,15). The van der Waals surface area contributed by atoms with Crippen molar-refractivity contribution in [1.82, 2.24) is 9.80 Å². The molecule has 2 aliphatic rings. The number of morpholine rings is 1. The van der Waals surface area contributed by atoms with Gasteiger partial charge in [-0.3, -0.25) is 4.90 Å². The molecule has 2 rings (SSSR count). The highest BCUT2D eigenvalue weighted by molar-refractivity contribution is 8.00. The molecule has 6 nitrogen and oxygen atoms in total. The molecule has 1 N–H and O–H groups in total. The van der Waals surface area contributed by atoms with Crippen molar-refractivity contribution < 1.29 is 19.4 Å². The van der Waals surface area contributed by atoms with Crippen LogP contribution in [-0.4, -0.2) is 69.9 Å². The molecule has 0 aromatic heterocycles. The first-order valence-electron chi connectivity index (χ1n) is 6.03. The second kappa shape index (κ2) is 5.36. The van der Waals surface area contributed by atoms with Crippen molar-refractivity contribution in [3.05, 3.63) is 0 Å². The second-order valence-corrected chi connectivity index (χ2v) is 5.94. The van der Waals surface area contributed by atoms with Gasteiger partial charge in [0, 0.05) is 12.3 Å². The Kier molecular flexibility index (Phi) is 4.01. The molecule has 0 bridgehead atoms. The van der Waals surface area contributed by atoms with Gasteiger partial charge in [0.1, 0.15) is 6.04 Å². The second-order valence-electron chi connectivity index (χ2n) is 4.59. The molecule has 2 heterocycles. The Balaban J connectivity index is 2.13. The van der Waals surface area contributed by atoms with Crippen LogP contribution in [0.5, 0.6) is 0 Å². The predicted molar refractivity (Wildman–Crippen MR) is 67.6 cm³/mol. The van der Waals surface area contributed by atoms with Gasteiger partial charge < -0.3 is 14.7 Å². The average Bonchev–Trinajstić information content (AvgIpc) is 2.71. The van der Waals surface area contributed by atoms with E-state index in [1.54, 1.807) is 4.90 Å². The van der Waals surface area contributed by atoms with E-state index in [0.29, 0.717) is 25.5 Å². The molecule has 3 unspecified atom stereocenters. The number of amides is 2. The molecule has 2 saturated heterocycles. The molecule has 7 heteroatoms. The van der Waals surface area contributed by atoms with E-state index in [0.717, 1.165) is 0 Å². The number of carboxylic acids is 1. The van der Waals surface area contributed by atoms with E-state index in [9.17, 15) is 9.59 Å². The van der Waals surface area contributed by atoms with Gasteiger partial charge in [0.15, 0.2) is 0 Å². The van der Waals surface area contributed by atoms with Gasteiger partial charge in [-0.2, -0.15) is 0 Å². The number of carbonyl (C=O) groups excluding carboxylic acids is 1. The number of thioether (sulfide) groups is 1. The Labute approximate surface area is 110 Å². The molecule has 0 saturated carbocycles. The summed E-state index contributed by atoms with van der Waals surface area (Å²) in [7, 11) is 0. The fourth-order valence-electron chi connectivity index (χ4n) is 2.28. The average molecular weight is 274 g/mol. The van der Waals surface area contributed by atoms with E-state index in [1.165, 1.54) is 16.7 Å². The minimum atomic E-state index is -0.930. The van der Waals surface area contributed by atoms with Gasteiger partial charge in [-0.1, -0.05) is 0 Å². The first-order chi connectivity index (χ1) is 8.52. The summed E-state index contributed by atoms with van der Waals surface area (Å²) in [4.78, 5) is 26.8. The molecule has 2 amide bonds. The van der Waals surface area contributed by atoms with E-state index in [1.807, 2.05) is 13.8 Å². The number of aliphatic carboxylic acids is 1. The van der Waals surface area contributed by atoms with E-state index in [2.05, 4.69) is 0 Å². The minimum Gasteiger partial charge on any atom is -0.480 e. The molecule has 2 fully saturated rings. The van der Waals surface area contributed by atoms with Crippen molar-refractivity contribution >= 4 is 23.8 Å². The molecule has 3 atom stereocenters. The number of rotatable bonds is 1. The van der Waals surface area contributed by atoms with Gasteiger partial charge in [0.25, 0.3) is 0 Å². The smallest absolute Gasteiger partial charge is 0.327 e. The van der Waals surface area contributed by atoms with E-state index in [4.69, 9.17) is 9.84 Å².